The molecule has 2 aromatic rings. The third-order valence-corrected chi connectivity index (χ3v) is 2.94. The van der Waals surface area contributed by atoms with E-state index in [2.05, 4.69) is 0 Å². The van der Waals surface area contributed by atoms with Crippen LogP contribution in [0.25, 0.3) is 0 Å². The lowest BCUT2D eigenvalue weighted by atomic mass is 10.2. The smallest absolute Gasteiger partial charge is 0.142 e. The van der Waals surface area contributed by atoms with Gasteiger partial charge in [-0.15, -0.1) is 0 Å². The summed E-state index contributed by atoms with van der Waals surface area (Å²) < 4.78 is 18.8. The van der Waals surface area contributed by atoms with Crippen molar-refractivity contribution in [1.29, 1.82) is 0 Å². The van der Waals surface area contributed by atoms with Crippen molar-refractivity contribution in [3.63, 3.8) is 0 Å². The molecule has 0 fully saturated rings. The molecule has 0 saturated carbocycles. The Morgan fingerprint density at radius 2 is 2.00 bits per heavy atom. The van der Waals surface area contributed by atoms with Gasteiger partial charge in [-0.2, -0.15) is 0 Å². The fraction of sp³-hybridized carbons (Fsp3) is 0.143. The van der Waals surface area contributed by atoms with Gasteiger partial charge in [-0.3, -0.25) is 0 Å². The Kier molecular flexibility index (Phi) is 3.72. The zero-order valence-electron chi connectivity index (χ0n) is 9.91. The number of rotatable bonds is 3. The highest BCUT2D eigenvalue weighted by atomic mass is 35.5. The number of anilines is 1. The Bertz CT molecular complexity index is 520. The number of hydrogen-bond acceptors (Lipinski definition) is 2. The van der Waals surface area contributed by atoms with Gasteiger partial charge in [0.1, 0.15) is 18.2 Å². The van der Waals surface area contributed by atoms with Crippen molar-refractivity contribution in [2.45, 2.75) is 13.5 Å². The Morgan fingerprint density at radius 3 is 2.67 bits per heavy atom. The van der Waals surface area contributed by atoms with Crippen LogP contribution in [-0.4, -0.2) is 0 Å². The van der Waals surface area contributed by atoms with Crippen molar-refractivity contribution in [2.24, 2.45) is 0 Å². The second-order valence-electron chi connectivity index (χ2n) is 4.06. The minimum absolute atomic E-state index is 0.113. The molecule has 0 spiro atoms. The van der Waals surface area contributed by atoms with Crippen LogP contribution in [0.5, 0.6) is 5.75 Å². The predicted octanol–water partition coefficient (Wildman–Crippen LogP) is 3.95. The lowest BCUT2D eigenvalue weighted by Gasteiger charge is -2.08. The molecule has 0 amide bonds. The Hall–Kier alpha value is -1.74. The van der Waals surface area contributed by atoms with Crippen LogP contribution < -0.4 is 10.5 Å². The van der Waals surface area contributed by atoms with E-state index < -0.39 is 5.82 Å². The van der Waals surface area contributed by atoms with Crippen molar-refractivity contribution >= 4 is 17.3 Å². The van der Waals surface area contributed by atoms with E-state index in [1.807, 2.05) is 13.0 Å². The maximum atomic E-state index is 13.2. The highest BCUT2D eigenvalue weighted by molar-refractivity contribution is 6.30. The number of benzene rings is 2. The maximum Gasteiger partial charge on any atom is 0.142 e. The maximum absolute atomic E-state index is 13.2. The summed E-state index contributed by atoms with van der Waals surface area (Å²) in [7, 11) is 0. The molecule has 2 N–H and O–H groups in total. The Balaban J connectivity index is 2.06. The van der Waals surface area contributed by atoms with E-state index in [1.165, 1.54) is 12.1 Å². The van der Waals surface area contributed by atoms with Crippen LogP contribution in [0.1, 0.15) is 11.1 Å². The average Bonchev–Trinajstić information content (AvgIpc) is 2.35. The largest absolute Gasteiger partial charge is 0.489 e. The van der Waals surface area contributed by atoms with Gasteiger partial charge in [0, 0.05) is 5.69 Å². The molecule has 94 valence electrons. The number of aryl methyl sites for hydroxylation is 1. The van der Waals surface area contributed by atoms with Crippen molar-refractivity contribution < 1.29 is 9.13 Å². The minimum atomic E-state index is -0.439. The zero-order chi connectivity index (χ0) is 13.1. The average molecular weight is 266 g/mol. The van der Waals surface area contributed by atoms with E-state index in [0.29, 0.717) is 5.75 Å². The lowest BCUT2D eigenvalue weighted by molar-refractivity contribution is 0.305. The molecule has 0 unspecified atom stereocenters. The first-order valence-corrected chi connectivity index (χ1v) is 5.87. The summed E-state index contributed by atoms with van der Waals surface area (Å²) in [5, 5.41) is 0.113. The molecule has 0 bridgehead atoms. The van der Waals surface area contributed by atoms with Gasteiger partial charge in [0.15, 0.2) is 0 Å². The second kappa shape index (κ2) is 5.27. The summed E-state index contributed by atoms with van der Waals surface area (Å²) in [4.78, 5) is 0. The first-order chi connectivity index (χ1) is 8.56. The second-order valence-corrected chi connectivity index (χ2v) is 4.46. The summed E-state index contributed by atoms with van der Waals surface area (Å²) in [6.45, 7) is 2.20. The molecule has 0 radical (unpaired) electrons. The van der Waals surface area contributed by atoms with E-state index in [4.69, 9.17) is 22.1 Å². The number of ether oxygens (including phenoxy) is 1. The van der Waals surface area contributed by atoms with E-state index in [0.717, 1.165) is 16.8 Å². The molecule has 0 heterocycles. The van der Waals surface area contributed by atoms with Gasteiger partial charge in [0.2, 0.25) is 0 Å². The van der Waals surface area contributed by atoms with Crippen LogP contribution in [0, 0.1) is 12.7 Å². The highest BCUT2D eigenvalue weighted by Gasteiger charge is 2.02. The van der Waals surface area contributed by atoms with E-state index in [9.17, 15) is 4.39 Å². The summed E-state index contributed by atoms with van der Waals surface area (Å²) in [5.41, 5.74) is 8.12. The van der Waals surface area contributed by atoms with Gasteiger partial charge in [0.25, 0.3) is 0 Å². The summed E-state index contributed by atoms with van der Waals surface area (Å²) in [5.74, 6) is 0.267. The van der Waals surface area contributed by atoms with Crippen LogP contribution in [0.3, 0.4) is 0 Å². The third-order valence-electron chi connectivity index (χ3n) is 2.63. The van der Waals surface area contributed by atoms with Crippen LogP contribution in [0.4, 0.5) is 10.1 Å². The third kappa shape index (κ3) is 2.93. The molecule has 0 aliphatic heterocycles. The van der Waals surface area contributed by atoms with E-state index >= 15 is 0 Å². The molecule has 0 saturated heterocycles. The first-order valence-electron chi connectivity index (χ1n) is 5.49. The molecule has 0 atom stereocenters. The number of nitrogen functional groups attached to an aromatic ring is 1. The van der Waals surface area contributed by atoms with Crippen LogP contribution >= 0.6 is 11.6 Å². The topological polar surface area (TPSA) is 35.2 Å². The van der Waals surface area contributed by atoms with Crippen molar-refractivity contribution in [2.75, 3.05) is 5.73 Å². The quantitative estimate of drug-likeness (QED) is 0.853. The lowest BCUT2D eigenvalue weighted by Crippen LogP contribution is -1.97. The standard InChI is InChI=1S/C14H13ClFNO/c1-9-6-11(3-5-14(9)17)18-8-10-2-4-12(15)13(16)7-10/h2-7H,8,17H2,1H3. The number of halogens is 2. The van der Waals surface area contributed by atoms with Crippen LogP contribution in [0.2, 0.25) is 5.02 Å². The van der Waals surface area contributed by atoms with Gasteiger partial charge in [-0.05, 0) is 48.4 Å². The first kappa shape index (κ1) is 12.7. The minimum Gasteiger partial charge on any atom is -0.489 e. The van der Waals surface area contributed by atoms with Gasteiger partial charge >= 0.3 is 0 Å². The molecular weight excluding hydrogens is 253 g/mol. The highest BCUT2D eigenvalue weighted by Crippen LogP contribution is 2.21. The van der Waals surface area contributed by atoms with Gasteiger partial charge < -0.3 is 10.5 Å². The predicted molar refractivity (Wildman–Crippen MR) is 71.3 cm³/mol. The van der Waals surface area contributed by atoms with Crippen molar-refractivity contribution in [3.05, 3.63) is 58.4 Å². The molecule has 0 aliphatic rings. The van der Waals surface area contributed by atoms with Crippen molar-refractivity contribution in [3.8, 4) is 5.75 Å². The molecule has 0 aliphatic carbocycles. The molecule has 2 nitrogen and oxygen atoms in total. The monoisotopic (exact) mass is 265 g/mol. The number of hydrogen-bond donors (Lipinski definition) is 1. The molecule has 18 heavy (non-hydrogen) atoms. The van der Waals surface area contributed by atoms with E-state index in [-0.39, 0.29) is 11.6 Å². The summed E-state index contributed by atoms with van der Waals surface area (Å²) in [6, 6.07) is 10.0. The van der Waals surface area contributed by atoms with E-state index in [1.54, 1.807) is 18.2 Å². The fourth-order valence-corrected chi connectivity index (χ4v) is 1.65. The van der Waals surface area contributed by atoms with Crippen LogP contribution in [0.15, 0.2) is 36.4 Å². The Morgan fingerprint density at radius 1 is 1.22 bits per heavy atom. The van der Waals surface area contributed by atoms with Gasteiger partial charge in [-0.25, -0.2) is 4.39 Å². The summed E-state index contributed by atoms with van der Waals surface area (Å²) in [6.07, 6.45) is 0. The normalized spacial score (nSPS) is 10.4. The molecule has 0 aromatic heterocycles. The molecule has 4 heteroatoms. The molecule has 2 rings (SSSR count). The molecule has 2 aromatic carbocycles. The van der Waals surface area contributed by atoms with Crippen LogP contribution in [-0.2, 0) is 6.61 Å². The summed E-state index contributed by atoms with van der Waals surface area (Å²) >= 11 is 5.61. The van der Waals surface area contributed by atoms with Gasteiger partial charge in [-0.1, -0.05) is 17.7 Å². The Labute approximate surface area is 110 Å². The number of nitrogens with two attached hydrogens (primary N) is 1. The van der Waals surface area contributed by atoms with Crippen molar-refractivity contribution in [1.82, 2.24) is 0 Å². The fourth-order valence-electron chi connectivity index (χ4n) is 1.53. The van der Waals surface area contributed by atoms with Gasteiger partial charge in [0.05, 0.1) is 5.02 Å². The molecular formula is C14H13ClFNO. The SMILES string of the molecule is Cc1cc(OCc2ccc(Cl)c(F)c2)ccc1N. The zero-order valence-corrected chi connectivity index (χ0v) is 10.7.